The van der Waals surface area contributed by atoms with Gasteiger partial charge in [-0.15, -0.1) is 11.3 Å². The highest BCUT2D eigenvalue weighted by Crippen LogP contribution is 2.34. The molecule has 0 fully saturated rings. The van der Waals surface area contributed by atoms with E-state index in [1.807, 2.05) is 19.2 Å². The van der Waals surface area contributed by atoms with Gasteiger partial charge in [0.25, 0.3) is 0 Å². The first kappa shape index (κ1) is 12.6. The molecule has 1 unspecified atom stereocenters. The summed E-state index contributed by atoms with van der Waals surface area (Å²) < 4.78 is 20.1. The van der Waals surface area contributed by atoms with E-state index in [1.54, 1.807) is 17.4 Å². The normalized spacial score (nSPS) is 17.1. The van der Waals surface area contributed by atoms with E-state index < -0.39 is 0 Å². The molecule has 1 aliphatic heterocycles. The van der Waals surface area contributed by atoms with Crippen molar-refractivity contribution in [2.45, 2.75) is 18.9 Å². The predicted molar refractivity (Wildman–Crippen MR) is 76.9 cm³/mol. The summed E-state index contributed by atoms with van der Waals surface area (Å²) in [4.78, 5) is 1.16. The molecule has 4 heteroatoms. The van der Waals surface area contributed by atoms with Crippen LogP contribution in [0.2, 0.25) is 0 Å². The highest BCUT2D eigenvalue weighted by molar-refractivity contribution is 7.19. The van der Waals surface area contributed by atoms with Crippen molar-refractivity contribution in [3.8, 4) is 0 Å². The molecule has 0 bridgehead atoms. The van der Waals surface area contributed by atoms with Crippen molar-refractivity contribution in [1.82, 2.24) is 5.32 Å². The summed E-state index contributed by atoms with van der Waals surface area (Å²) in [5.41, 5.74) is 0. The van der Waals surface area contributed by atoms with Crippen LogP contribution in [0.15, 0.2) is 36.1 Å². The molecule has 0 amide bonds. The van der Waals surface area contributed by atoms with Gasteiger partial charge in [-0.25, -0.2) is 4.39 Å². The average molecular weight is 277 g/mol. The molecule has 2 heterocycles. The Labute approximate surface area is 115 Å². The summed E-state index contributed by atoms with van der Waals surface area (Å²) in [6, 6.07) is 7.04. The molecule has 1 aliphatic rings. The minimum atomic E-state index is -0.189. The quantitative estimate of drug-likeness (QED) is 0.915. The molecule has 3 rings (SSSR count). The van der Waals surface area contributed by atoms with Gasteiger partial charge in [0, 0.05) is 9.58 Å². The van der Waals surface area contributed by atoms with Crippen molar-refractivity contribution in [3.05, 3.63) is 46.8 Å². The first-order valence-corrected chi connectivity index (χ1v) is 7.28. The number of thiophene rings is 1. The van der Waals surface area contributed by atoms with Gasteiger partial charge in [-0.3, -0.25) is 0 Å². The van der Waals surface area contributed by atoms with Crippen LogP contribution in [0.3, 0.4) is 0 Å². The van der Waals surface area contributed by atoms with E-state index in [1.165, 1.54) is 6.07 Å². The molecule has 19 heavy (non-hydrogen) atoms. The lowest BCUT2D eigenvalue weighted by Gasteiger charge is -2.22. The van der Waals surface area contributed by atoms with Gasteiger partial charge in [0.1, 0.15) is 11.6 Å². The maximum Gasteiger partial charge on any atom is 0.123 e. The Morgan fingerprint density at radius 2 is 2.26 bits per heavy atom. The van der Waals surface area contributed by atoms with E-state index in [0.717, 1.165) is 40.2 Å². The first-order chi connectivity index (χ1) is 9.28. The van der Waals surface area contributed by atoms with Gasteiger partial charge in [-0.1, -0.05) is 0 Å². The number of nitrogens with one attached hydrogen (secondary N) is 1. The zero-order valence-corrected chi connectivity index (χ0v) is 11.6. The van der Waals surface area contributed by atoms with Crippen molar-refractivity contribution < 1.29 is 9.13 Å². The fourth-order valence-corrected chi connectivity index (χ4v) is 3.54. The highest BCUT2D eigenvalue weighted by atomic mass is 32.1. The van der Waals surface area contributed by atoms with Crippen LogP contribution >= 0.6 is 11.3 Å². The van der Waals surface area contributed by atoms with Crippen LogP contribution in [0.4, 0.5) is 4.39 Å². The zero-order valence-electron chi connectivity index (χ0n) is 10.8. The van der Waals surface area contributed by atoms with Gasteiger partial charge < -0.3 is 10.1 Å². The van der Waals surface area contributed by atoms with Crippen molar-refractivity contribution >= 4 is 21.4 Å². The van der Waals surface area contributed by atoms with E-state index in [-0.39, 0.29) is 11.9 Å². The summed E-state index contributed by atoms with van der Waals surface area (Å²) in [5, 5.41) is 4.24. The minimum absolute atomic E-state index is 0.0701. The van der Waals surface area contributed by atoms with E-state index in [2.05, 4.69) is 11.4 Å². The fraction of sp³-hybridized carbons (Fsp3) is 0.333. The number of ether oxygens (including phenoxy) is 1. The summed E-state index contributed by atoms with van der Waals surface area (Å²) in [6.07, 6.45) is 4.29. The van der Waals surface area contributed by atoms with Crippen molar-refractivity contribution in [2.75, 3.05) is 13.7 Å². The molecular formula is C15H16FNOS. The summed E-state index contributed by atoms with van der Waals surface area (Å²) in [7, 11) is 1.93. The van der Waals surface area contributed by atoms with E-state index in [0.29, 0.717) is 0 Å². The van der Waals surface area contributed by atoms with Crippen molar-refractivity contribution in [1.29, 1.82) is 0 Å². The molecular weight excluding hydrogens is 261 g/mol. The number of hydrogen-bond acceptors (Lipinski definition) is 3. The van der Waals surface area contributed by atoms with Gasteiger partial charge >= 0.3 is 0 Å². The Kier molecular flexibility index (Phi) is 3.53. The third-order valence-electron chi connectivity index (χ3n) is 3.32. The topological polar surface area (TPSA) is 21.3 Å². The van der Waals surface area contributed by atoms with Crippen LogP contribution in [0.1, 0.15) is 23.8 Å². The largest absolute Gasteiger partial charge is 0.496 e. The van der Waals surface area contributed by atoms with E-state index >= 15 is 0 Å². The Morgan fingerprint density at radius 3 is 3.00 bits per heavy atom. The minimum Gasteiger partial charge on any atom is -0.496 e. The highest BCUT2D eigenvalue weighted by Gasteiger charge is 2.20. The smallest absolute Gasteiger partial charge is 0.123 e. The maximum atomic E-state index is 13.2. The second-order valence-electron chi connectivity index (χ2n) is 4.65. The molecule has 1 aromatic heterocycles. The molecule has 1 aromatic carbocycles. The average Bonchev–Trinajstić information content (AvgIpc) is 2.83. The standard InChI is InChI=1S/C15H16FNOS/c1-17-15(12-4-2-3-7-18-12)14-9-10-8-11(16)5-6-13(10)19-14/h4-6,8-9,15,17H,2-3,7H2,1H3. The molecule has 0 radical (unpaired) electrons. The summed E-state index contributed by atoms with van der Waals surface area (Å²) in [6.45, 7) is 0.781. The molecule has 0 aliphatic carbocycles. The summed E-state index contributed by atoms with van der Waals surface area (Å²) >= 11 is 1.68. The lowest BCUT2D eigenvalue weighted by atomic mass is 10.1. The Bertz CT molecular complexity index is 620. The number of halogens is 1. The van der Waals surface area contributed by atoms with Crippen LogP contribution < -0.4 is 5.32 Å². The predicted octanol–water partition coefficient (Wildman–Crippen LogP) is 4.00. The lowest BCUT2D eigenvalue weighted by molar-refractivity contribution is 0.170. The Morgan fingerprint density at radius 1 is 1.37 bits per heavy atom. The zero-order chi connectivity index (χ0) is 13.2. The van der Waals surface area contributed by atoms with Crippen LogP contribution in [0, 0.1) is 5.82 Å². The van der Waals surface area contributed by atoms with Crippen LogP contribution in [-0.2, 0) is 4.74 Å². The van der Waals surface area contributed by atoms with Gasteiger partial charge in [0.15, 0.2) is 0 Å². The number of benzene rings is 1. The van der Waals surface area contributed by atoms with Crippen molar-refractivity contribution in [3.63, 3.8) is 0 Å². The Hall–Kier alpha value is -1.39. The second kappa shape index (κ2) is 5.31. The molecule has 0 spiro atoms. The molecule has 100 valence electrons. The summed E-state index contributed by atoms with van der Waals surface area (Å²) in [5.74, 6) is 0.798. The third-order valence-corrected chi connectivity index (χ3v) is 4.50. The lowest BCUT2D eigenvalue weighted by Crippen LogP contribution is -2.21. The van der Waals surface area contributed by atoms with Crippen molar-refractivity contribution in [2.24, 2.45) is 0 Å². The molecule has 2 nitrogen and oxygen atoms in total. The van der Waals surface area contributed by atoms with E-state index in [4.69, 9.17) is 4.74 Å². The van der Waals surface area contributed by atoms with Gasteiger partial charge in [0.05, 0.1) is 12.6 Å². The molecule has 1 atom stereocenters. The Balaban J connectivity index is 1.98. The van der Waals surface area contributed by atoms with Gasteiger partial charge in [-0.2, -0.15) is 0 Å². The van der Waals surface area contributed by atoms with E-state index in [9.17, 15) is 4.39 Å². The number of hydrogen-bond donors (Lipinski definition) is 1. The number of fused-ring (bicyclic) bond motifs is 1. The number of likely N-dealkylation sites (N-methyl/N-ethyl adjacent to an activating group) is 1. The molecule has 0 saturated carbocycles. The molecule has 0 saturated heterocycles. The van der Waals surface area contributed by atoms with Gasteiger partial charge in [0.2, 0.25) is 0 Å². The SMILES string of the molecule is CNC(C1=CCCCO1)c1cc2cc(F)ccc2s1. The monoisotopic (exact) mass is 277 g/mol. The first-order valence-electron chi connectivity index (χ1n) is 6.47. The second-order valence-corrected chi connectivity index (χ2v) is 5.77. The molecule has 1 N–H and O–H groups in total. The van der Waals surface area contributed by atoms with Crippen LogP contribution in [0.5, 0.6) is 0 Å². The number of rotatable bonds is 3. The number of allylic oxidation sites excluding steroid dienone is 1. The molecule has 2 aromatic rings. The fourth-order valence-electron chi connectivity index (χ4n) is 2.38. The third kappa shape index (κ3) is 2.51. The van der Waals surface area contributed by atoms with Crippen LogP contribution in [0.25, 0.3) is 10.1 Å². The van der Waals surface area contributed by atoms with Gasteiger partial charge in [-0.05, 0) is 55.6 Å². The maximum absolute atomic E-state index is 13.2. The van der Waals surface area contributed by atoms with Crippen LogP contribution in [-0.4, -0.2) is 13.7 Å².